The molecule has 0 aliphatic heterocycles. The summed E-state index contributed by atoms with van der Waals surface area (Å²) in [7, 11) is -7.53. The second kappa shape index (κ2) is 9.84. The molecule has 33 heavy (non-hydrogen) atoms. The molecular weight excluding hydrogens is 478 g/mol. The number of hydrogen-bond donors (Lipinski definition) is 3. The fraction of sp³-hybridized carbons (Fsp3) is 0.304. The van der Waals surface area contributed by atoms with Crippen LogP contribution in [0.2, 0.25) is 0 Å². The third-order valence-corrected chi connectivity index (χ3v) is 9.81. The van der Waals surface area contributed by atoms with Crippen LogP contribution in [-0.2, 0) is 26.6 Å². The largest absolute Gasteiger partial charge is 0.312 e. The second-order valence-corrected chi connectivity index (χ2v) is 12.8. The van der Waals surface area contributed by atoms with E-state index in [1.54, 1.807) is 23.6 Å². The molecule has 1 aliphatic rings. The maximum absolute atomic E-state index is 12.9. The minimum Gasteiger partial charge on any atom is -0.312 e. The molecule has 1 unspecified atom stereocenters. The van der Waals surface area contributed by atoms with Gasteiger partial charge >= 0.3 is 0 Å². The Hall–Kier alpha value is -2.40. The predicted octanol–water partition coefficient (Wildman–Crippen LogP) is 4.49. The fourth-order valence-corrected chi connectivity index (χ4v) is 6.72. The van der Waals surface area contributed by atoms with Crippen molar-refractivity contribution in [2.24, 2.45) is 11.8 Å². The van der Waals surface area contributed by atoms with Crippen LogP contribution in [0.4, 0.5) is 11.4 Å². The third kappa shape index (κ3) is 6.14. The van der Waals surface area contributed by atoms with E-state index >= 15 is 0 Å². The molecular formula is C23H27N3O4S3. The molecule has 1 heterocycles. The van der Waals surface area contributed by atoms with Crippen molar-refractivity contribution in [1.29, 1.82) is 0 Å². The maximum atomic E-state index is 12.9. The number of rotatable bonds is 11. The molecule has 0 bridgehead atoms. The van der Waals surface area contributed by atoms with E-state index in [1.807, 2.05) is 12.1 Å². The summed E-state index contributed by atoms with van der Waals surface area (Å²) in [5.41, 5.74) is 1.67. The van der Waals surface area contributed by atoms with Crippen LogP contribution in [-0.4, -0.2) is 23.4 Å². The molecule has 0 spiro atoms. The summed E-state index contributed by atoms with van der Waals surface area (Å²) in [5, 5.41) is 5.11. The monoisotopic (exact) mass is 505 g/mol. The maximum Gasteiger partial charge on any atom is 0.271 e. The minimum absolute atomic E-state index is 0.0479. The van der Waals surface area contributed by atoms with E-state index in [1.165, 1.54) is 43.2 Å². The Kier molecular flexibility index (Phi) is 7.08. The summed E-state index contributed by atoms with van der Waals surface area (Å²) in [6.45, 7) is 3.71. The number of hydrogen-bond acceptors (Lipinski definition) is 6. The van der Waals surface area contributed by atoms with Crippen LogP contribution in [0.25, 0.3) is 0 Å². The minimum atomic E-state index is -3.84. The first-order valence-corrected chi connectivity index (χ1v) is 14.6. The topological polar surface area (TPSA) is 104 Å². The lowest BCUT2D eigenvalue weighted by Crippen LogP contribution is -2.23. The number of benzene rings is 2. The molecule has 7 nitrogen and oxygen atoms in total. The number of nitrogens with one attached hydrogen (secondary N) is 3. The number of sulfonamides is 2. The van der Waals surface area contributed by atoms with Gasteiger partial charge in [0.15, 0.2) is 0 Å². The standard InChI is InChI=1S/C23H27N3O4S3/c1-17(18-8-9-18)15-24-16-19-5-2-3-6-22(19)26-32(27,28)21-12-10-20(11-13-21)25-33(29,30)23-7-4-14-31-23/h2-7,10-14,17-18,24-26H,8-9,15-16H2,1H3. The lowest BCUT2D eigenvalue weighted by Gasteiger charge is -2.15. The van der Waals surface area contributed by atoms with Gasteiger partial charge in [-0.15, -0.1) is 11.3 Å². The van der Waals surface area contributed by atoms with Crippen LogP contribution >= 0.6 is 11.3 Å². The molecule has 1 aromatic heterocycles. The van der Waals surface area contributed by atoms with E-state index in [9.17, 15) is 16.8 Å². The van der Waals surface area contributed by atoms with Crippen LogP contribution in [0.3, 0.4) is 0 Å². The molecule has 176 valence electrons. The van der Waals surface area contributed by atoms with Crippen LogP contribution < -0.4 is 14.8 Å². The molecule has 10 heteroatoms. The Balaban J connectivity index is 1.42. The summed E-state index contributed by atoms with van der Waals surface area (Å²) in [6, 6.07) is 16.1. The zero-order valence-corrected chi connectivity index (χ0v) is 20.6. The molecule has 0 amide bonds. The highest BCUT2D eigenvalue weighted by molar-refractivity contribution is 7.94. The Morgan fingerprint density at radius 3 is 2.30 bits per heavy atom. The lowest BCUT2D eigenvalue weighted by atomic mass is 10.1. The van der Waals surface area contributed by atoms with Crippen molar-refractivity contribution in [1.82, 2.24) is 5.32 Å². The van der Waals surface area contributed by atoms with Crippen molar-refractivity contribution >= 4 is 42.8 Å². The normalized spacial score (nSPS) is 15.2. The second-order valence-electron chi connectivity index (χ2n) is 8.27. The summed E-state index contributed by atoms with van der Waals surface area (Å²) < 4.78 is 55.9. The molecule has 2 aromatic carbocycles. The van der Waals surface area contributed by atoms with Gasteiger partial charge < -0.3 is 5.32 Å². The van der Waals surface area contributed by atoms with Crippen LogP contribution in [0.15, 0.2) is 75.1 Å². The first-order chi connectivity index (χ1) is 15.7. The first-order valence-electron chi connectivity index (χ1n) is 10.7. The third-order valence-electron chi connectivity index (χ3n) is 5.65. The molecule has 0 radical (unpaired) electrons. The van der Waals surface area contributed by atoms with Gasteiger partial charge in [-0.1, -0.05) is 31.2 Å². The van der Waals surface area contributed by atoms with Crippen LogP contribution in [0.1, 0.15) is 25.3 Å². The molecule has 1 saturated carbocycles. The van der Waals surface area contributed by atoms with Gasteiger partial charge in [0.1, 0.15) is 4.21 Å². The van der Waals surface area contributed by atoms with E-state index in [2.05, 4.69) is 21.7 Å². The predicted molar refractivity (Wildman–Crippen MR) is 132 cm³/mol. The summed E-state index contributed by atoms with van der Waals surface area (Å²) in [4.78, 5) is 0.0479. The Morgan fingerprint density at radius 2 is 1.64 bits per heavy atom. The van der Waals surface area contributed by atoms with Crippen molar-refractivity contribution in [3.05, 3.63) is 71.6 Å². The SMILES string of the molecule is CC(CNCc1ccccc1NS(=O)(=O)c1ccc(NS(=O)(=O)c2cccs2)cc1)C1CC1. The van der Waals surface area contributed by atoms with Gasteiger partial charge in [0.25, 0.3) is 20.0 Å². The van der Waals surface area contributed by atoms with Gasteiger partial charge in [-0.2, -0.15) is 0 Å². The molecule has 1 atom stereocenters. The van der Waals surface area contributed by atoms with E-state index in [-0.39, 0.29) is 14.8 Å². The van der Waals surface area contributed by atoms with Crippen molar-refractivity contribution in [3.8, 4) is 0 Å². The van der Waals surface area contributed by atoms with Gasteiger partial charge in [-0.3, -0.25) is 9.44 Å². The Labute approximate surface area is 199 Å². The highest BCUT2D eigenvalue weighted by Crippen LogP contribution is 2.36. The molecule has 3 aromatic rings. The smallest absolute Gasteiger partial charge is 0.271 e. The molecule has 4 rings (SSSR count). The van der Waals surface area contributed by atoms with Gasteiger partial charge in [0.2, 0.25) is 0 Å². The van der Waals surface area contributed by atoms with E-state index in [0.717, 1.165) is 29.4 Å². The summed E-state index contributed by atoms with van der Waals surface area (Å²) >= 11 is 1.11. The zero-order valence-electron chi connectivity index (χ0n) is 18.2. The average Bonchev–Trinajstić information content (AvgIpc) is 3.47. The van der Waals surface area contributed by atoms with Gasteiger partial charge in [-0.05, 0) is 78.6 Å². The highest BCUT2D eigenvalue weighted by atomic mass is 32.2. The lowest BCUT2D eigenvalue weighted by molar-refractivity contribution is 0.462. The van der Waals surface area contributed by atoms with Gasteiger partial charge in [0.05, 0.1) is 10.6 Å². The Bertz CT molecular complexity index is 1280. The first kappa shape index (κ1) is 23.7. The number of thiophene rings is 1. The molecule has 3 N–H and O–H groups in total. The van der Waals surface area contributed by atoms with Crippen molar-refractivity contribution < 1.29 is 16.8 Å². The number of anilines is 2. The molecule has 0 saturated heterocycles. The number of para-hydroxylation sites is 1. The van der Waals surface area contributed by atoms with Gasteiger partial charge in [0, 0.05) is 12.2 Å². The van der Waals surface area contributed by atoms with Crippen molar-refractivity contribution in [2.75, 3.05) is 16.0 Å². The van der Waals surface area contributed by atoms with E-state index in [0.29, 0.717) is 18.2 Å². The van der Waals surface area contributed by atoms with Crippen LogP contribution in [0, 0.1) is 11.8 Å². The van der Waals surface area contributed by atoms with Crippen molar-refractivity contribution in [2.45, 2.75) is 35.4 Å². The zero-order chi connectivity index (χ0) is 23.5. The van der Waals surface area contributed by atoms with Crippen LogP contribution in [0.5, 0.6) is 0 Å². The summed E-state index contributed by atoms with van der Waals surface area (Å²) in [5.74, 6) is 1.42. The van der Waals surface area contributed by atoms with E-state index in [4.69, 9.17) is 0 Å². The Morgan fingerprint density at radius 1 is 0.909 bits per heavy atom. The molecule has 1 fully saturated rings. The van der Waals surface area contributed by atoms with Gasteiger partial charge in [-0.25, -0.2) is 16.8 Å². The van der Waals surface area contributed by atoms with Crippen molar-refractivity contribution in [3.63, 3.8) is 0 Å². The fourth-order valence-electron chi connectivity index (χ4n) is 3.57. The average molecular weight is 506 g/mol. The summed E-state index contributed by atoms with van der Waals surface area (Å²) in [6.07, 6.45) is 2.60. The van der Waals surface area contributed by atoms with E-state index < -0.39 is 20.0 Å². The molecule has 1 aliphatic carbocycles. The quantitative estimate of drug-likeness (QED) is 0.356. The highest BCUT2D eigenvalue weighted by Gasteiger charge is 2.27.